The van der Waals surface area contributed by atoms with Crippen LogP contribution >= 0.6 is 0 Å². The highest BCUT2D eigenvalue weighted by molar-refractivity contribution is 7.90. The van der Waals surface area contributed by atoms with Crippen molar-refractivity contribution in [3.05, 3.63) is 53.3 Å². The van der Waals surface area contributed by atoms with Crippen molar-refractivity contribution in [3.8, 4) is 6.07 Å². The predicted octanol–water partition coefficient (Wildman–Crippen LogP) is 1.59. The Morgan fingerprint density at radius 2 is 1.81 bits per heavy atom. The Hall–Kier alpha value is -2.10. The van der Waals surface area contributed by atoms with Crippen molar-refractivity contribution in [2.24, 2.45) is 7.05 Å². The highest BCUT2D eigenvalue weighted by Crippen LogP contribution is 2.11. The molecule has 110 valence electrons. The minimum atomic E-state index is -3.14. The summed E-state index contributed by atoms with van der Waals surface area (Å²) in [6, 6.07) is 10.8. The second-order valence-corrected chi connectivity index (χ2v) is 6.99. The van der Waals surface area contributed by atoms with Crippen LogP contribution < -0.4 is 5.32 Å². The van der Waals surface area contributed by atoms with Crippen LogP contribution in [0.3, 0.4) is 0 Å². The molecule has 5 nitrogen and oxygen atoms in total. The SMILES string of the molecule is Cn1cc(CNCc2ccc(S(C)(=O)=O)cc2)cc1C#N. The van der Waals surface area contributed by atoms with Gasteiger partial charge in [-0.15, -0.1) is 0 Å². The van der Waals surface area contributed by atoms with Gasteiger partial charge in [0.15, 0.2) is 9.84 Å². The topological polar surface area (TPSA) is 74.9 Å². The van der Waals surface area contributed by atoms with Gasteiger partial charge in [-0.2, -0.15) is 5.26 Å². The van der Waals surface area contributed by atoms with Gasteiger partial charge in [-0.05, 0) is 29.3 Å². The van der Waals surface area contributed by atoms with Gasteiger partial charge in [-0.1, -0.05) is 12.1 Å². The average Bonchev–Trinajstić information content (AvgIpc) is 2.79. The van der Waals surface area contributed by atoms with E-state index in [0.29, 0.717) is 23.7 Å². The number of hydrogen-bond acceptors (Lipinski definition) is 4. The minimum Gasteiger partial charge on any atom is -0.342 e. The summed E-state index contributed by atoms with van der Waals surface area (Å²) in [7, 11) is -1.30. The highest BCUT2D eigenvalue weighted by atomic mass is 32.2. The van der Waals surface area contributed by atoms with Crippen LogP contribution in [0.2, 0.25) is 0 Å². The third-order valence-electron chi connectivity index (χ3n) is 3.19. The van der Waals surface area contributed by atoms with Gasteiger partial charge >= 0.3 is 0 Å². The lowest BCUT2D eigenvalue weighted by Crippen LogP contribution is -2.12. The van der Waals surface area contributed by atoms with E-state index in [1.54, 1.807) is 28.8 Å². The van der Waals surface area contributed by atoms with Crippen LogP contribution in [-0.4, -0.2) is 19.2 Å². The fourth-order valence-electron chi connectivity index (χ4n) is 2.05. The molecular formula is C15H17N3O2S. The molecular weight excluding hydrogens is 286 g/mol. The van der Waals surface area contributed by atoms with Gasteiger partial charge in [-0.3, -0.25) is 0 Å². The van der Waals surface area contributed by atoms with Crippen LogP contribution in [0.15, 0.2) is 41.4 Å². The molecule has 0 aliphatic carbocycles. The number of aromatic nitrogens is 1. The summed E-state index contributed by atoms with van der Waals surface area (Å²) in [4.78, 5) is 0.327. The first-order valence-corrected chi connectivity index (χ1v) is 8.34. The molecule has 21 heavy (non-hydrogen) atoms. The first-order valence-electron chi connectivity index (χ1n) is 6.45. The zero-order valence-electron chi connectivity index (χ0n) is 12.0. The van der Waals surface area contributed by atoms with Crippen molar-refractivity contribution >= 4 is 9.84 Å². The van der Waals surface area contributed by atoms with Crippen molar-refractivity contribution < 1.29 is 8.42 Å². The number of rotatable bonds is 5. The van der Waals surface area contributed by atoms with E-state index < -0.39 is 9.84 Å². The molecule has 2 aromatic rings. The number of nitrogens with zero attached hydrogens (tertiary/aromatic N) is 2. The van der Waals surface area contributed by atoms with E-state index in [9.17, 15) is 8.42 Å². The zero-order chi connectivity index (χ0) is 15.5. The lowest BCUT2D eigenvalue weighted by Gasteiger charge is -2.05. The van der Waals surface area contributed by atoms with Crippen LogP contribution in [0.25, 0.3) is 0 Å². The smallest absolute Gasteiger partial charge is 0.175 e. The number of benzene rings is 1. The monoisotopic (exact) mass is 303 g/mol. The highest BCUT2D eigenvalue weighted by Gasteiger charge is 2.06. The summed E-state index contributed by atoms with van der Waals surface area (Å²) in [6.07, 6.45) is 3.11. The van der Waals surface area contributed by atoms with Gasteiger partial charge < -0.3 is 9.88 Å². The second-order valence-electron chi connectivity index (χ2n) is 4.98. The second kappa shape index (κ2) is 6.12. The standard InChI is InChI=1S/C15H17N3O2S/c1-18-11-13(7-14(18)8-16)10-17-9-12-3-5-15(6-4-12)21(2,19)20/h3-7,11,17H,9-10H2,1-2H3. The molecule has 0 bridgehead atoms. The number of nitriles is 1. The van der Waals surface area contributed by atoms with Gasteiger partial charge in [-0.25, -0.2) is 8.42 Å². The van der Waals surface area contributed by atoms with E-state index in [0.717, 1.165) is 11.1 Å². The third-order valence-corrected chi connectivity index (χ3v) is 4.31. The van der Waals surface area contributed by atoms with E-state index in [4.69, 9.17) is 5.26 Å². The summed E-state index contributed by atoms with van der Waals surface area (Å²) in [6.45, 7) is 1.30. The first kappa shape index (κ1) is 15.3. The fourth-order valence-corrected chi connectivity index (χ4v) is 2.68. The van der Waals surface area contributed by atoms with E-state index in [-0.39, 0.29) is 0 Å². The van der Waals surface area contributed by atoms with Crippen LogP contribution in [0.5, 0.6) is 0 Å². The molecule has 6 heteroatoms. The molecule has 0 amide bonds. The molecule has 0 saturated heterocycles. The molecule has 1 aromatic carbocycles. The maximum absolute atomic E-state index is 11.4. The van der Waals surface area contributed by atoms with Crippen molar-refractivity contribution in [1.29, 1.82) is 5.26 Å². The molecule has 2 rings (SSSR count). The molecule has 0 aliphatic heterocycles. The van der Waals surface area contributed by atoms with Gasteiger partial charge in [0.25, 0.3) is 0 Å². The number of nitrogens with one attached hydrogen (secondary N) is 1. The van der Waals surface area contributed by atoms with Gasteiger partial charge in [0.05, 0.1) is 4.90 Å². The third kappa shape index (κ3) is 3.94. The average molecular weight is 303 g/mol. The zero-order valence-corrected chi connectivity index (χ0v) is 12.8. The maximum Gasteiger partial charge on any atom is 0.175 e. The van der Waals surface area contributed by atoms with E-state index >= 15 is 0 Å². The molecule has 0 unspecified atom stereocenters. The molecule has 0 fully saturated rings. The van der Waals surface area contributed by atoms with Gasteiger partial charge in [0, 0.05) is 32.6 Å². The number of hydrogen-bond donors (Lipinski definition) is 1. The summed E-state index contributed by atoms with van der Waals surface area (Å²) in [5.41, 5.74) is 2.69. The predicted molar refractivity (Wildman–Crippen MR) is 80.2 cm³/mol. The summed E-state index contributed by atoms with van der Waals surface area (Å²) in [5, 5.41) is 12.2. The number of aryl methyl sites for hydroxylation is 1. The number of sulfone groups is 1. The molecule has 0 radical (unpaired) electrons. The lowest BCUT2D eigenvalue weighted by atomic mass is 10.2. The fraction of sp³-hybridized carbons (Fsp3) is 0.267. The first-order chi connectivity index (χ1) is 9.90. The lowest BCUT2D eigenvalue weighted by molar-refractivity contribution is 0.602. The molecule has 0 aliphatic rings. The van der Waals surface area contributed by atoms with E-state index in [1.165, 1.54) is 6.26 Å². The van der Waals surface area contributed by atoms with Crippen LogP contribution in [0, 0.1) is 11.3 Å². The van der Waals surface area contributed by atoms with Crippen molar-refractivity contribution in [2.75, 3.05) is 6.26 Å². The van der Waals surface area contributed by atoms with Crippen LogP contribution in [0.1, 0.15) is 16.8 Å². The Bertz CT molecular complexity index is 768. The van der Waals surface area contributed by atoms with Gasteiger partial charge in [0.1, 0.15) is 11.8 Å². The van der Waals surface area contributed by atoms with E-state index in [2.05, 4.69) is 11.4 Å². The minimum absolute atomic E-state index is 0.327. The maximum atomic E-state index is 11.4. The Labute approximate surface area is 124 Å². The van der Waals surface area contributed by atoms with Gasteiger partial charge in [0.2, 0.25) is 0 Å². The normalized spacial score (nSPS) is 11.3. The van der Waals surface area contributed by atoms with Crippen LogP contribution in [0.4, 0.5) is 0 Å². The molecule has 1 heterocycles. The molecule has 0 spiro atoms. The molecule has 1 aromatic heterocycles. The molecule has 0 atom stereocenters. The largest absolute Gasteiger partial charge is 0.342 e. The van der Waals surface area contributed by atoms with Crippen molar-refractivity contribution in [3.63, 3.8) is 0 Å². The Kier molecular flexibility index (Phi) is 4.46. The summed E-state index contributed by atoms with van der Waals surface area (Å²) in [5.74, 6) is 0. The van der Waals surface area contributed by atoms with Crippen molar-refractivity contribution in [1.82, 2.24) is 9.88 Å². The van der Waals surface area contributed by atoms with E-state index in [1.807, 2.05) is 19.3 Å². The Morgan fingerprint density at radius 3 is 2.33 bits per heavy atom. The quantitative estimate of drug-likeness (QED) is 0.910. The van der Waals surface area contributed by atoms with Crippen LogP contribution in [-0.2, 0) is 30.0 Å². The Balaban J connectivity index is 1.93. The molecule has 1 N–H and O–H groups in total. The van der Waals surface area contributed by atoms with Crippen molar-refractivity contribution in [2.45, 2.75) is 18.0 Å². The summed E-state index contributed by atoms with van der Waals surface area (Å²) < 4.78 is 24.5. The summed E-state index contributed by atoms with van der Waals surface area (Å²) >= 11 is 0. The molecule has 0 saturated carbocycles. The Morgan fingerprint density at radius 1 is 1.19 bits per heavy atom.